The molecule has 0 heterocycles. The van der Waals surface area contributed by atoms with E-state index in [1.807, 2.05) is 0 Å². The minimum absolute atomic E-state index is 0.628. The van der Waals surface area contributed by atoms with Gasteiger partial charge in [0.1, 0.15) is 0 Å². The zero-order valence-electron chi connectivity index (χ0n) is 12.6. The summed E-state index contributed by atoms with van der Waals surface area (Å²) in [5.74, 6) is 0. The van der Waals surface area contributed by atoms with Crippen molar-refractivity contribution in [3.63, 3.8) is 0 Å². The van der Waals surface area contributed by atoms with Crippen LogP contribution in [0.25, 0.3) is 0 Å². The average molecular weight is 292 g/mol. The lowest BCUT2D eigenvalue weighted by Crippen LogP contribution is -2.70. The van der Waals surface area contributed by atoms with E-state index in [1.54, 1.807) is 47.8 Å². The van der Waals surface area contributed by atoms with Gasteiger partial charge in [-0.2, -0.15) is 0 Å². The summed E-state index contributed by atoms with van der Waals surface area (Å²) in [5.41, 5.74) is -1.37. The molecule has 6 nitrogen and oxygen atoms in total. The fourth-order valence-corrected chi connectivity index (χ4v) is 3.40. The Bertz CT molecular complexity index is 360. The first-order valence-electron chi connectivity index (χ1n) is 5.89. The second-order valence-corrected chi connectivity index (χ2v) is 7.32. The second-order valence-electron chi connectivity index (χ2n) is 6.32. The number of amides is 2. The van der Waals surface area contributed by atoms with E-state index in [4.69, 9.17) is 5.11 Å². The molecule has 0 fully saturated rings. The molecule has 19 heavy (non-hydrogen) atoms. The maximum absolute atomic E-state index is 11.7. The van der Waals surface area contributed by atoms with Crippen LogP contribution in [0, 0.1) is 5.41 Å². The first-order valence-corrected chi connectivity index (χ1v) is 7.11. The van der Waals surface area contributed by atoms with Crippen molar-refractivity contribution in [1.82, 2.24) is 10.2 Å². The number of nitrogens with one attached hydrogen (secondary N) is 1. The second kappa shape index (κ2) is 5.48. The van der Waals surface area contributed by atoms with Crippen molar-refractivity contribution >= 4 is 23.9 Å². The molecule has 0 bridgehead atoms. The third-order valence-electron chi connectivity index (χ3n) is 2.77. The van der Waals surface area contributed by atoms with E-state index in [0.29, 0.717) is 0 Å². The molecule has 1 atom stereocenters. The lowest BCUT2D eigenvalue weighted by molar-refractivity contribution is -0.00578. The van der Waals surface area contributed by atoms with Crippen LogP contribution >= 0.6 is 11.8 Å². The fourth-order valence-electron chi connectivity index (χ4n) is 2.07. The highest BCUT2D eigenvalue weighted by Gasteiger charge is 2.54. The Morgan fingerprint density at radius 2 is 1.47 bits per heavy atom. The van der Waals surface area contributed by atoms with Gasteiger partial charge in [0.05, 0.1) is 0 Å². The zero-order valence-corrected chi connectivity index (χ0v) is 13.4. The highest BCUT2D eigenvalue weighted by molar-refractivity contribution is 8.00. The molecule has 0 aliphatic rings. The van der Waals surface area contributed by atoms with Crippen LogP contribution in [0.3, 0.4) is 0 Å². The van der Waals surface area contributed by atoms with E-state index >= 15 is 0 Å². The van der Waals surface area contributed by atoms with Crippen LogP contribution < -0.4 is 5.32 Å². The van der Waals surface area contributed by atoms with Crippen LogP contribution in [-0.2, 0) is 0 Å². The Kier molecular flexibility index (Phi) is 5.16. The number of rotatable bonds is 3. The van der Waals surface area contributed by atoms with Crippen molar-refractivity contribution in [2.45, 2.75) is 52.1 Å². The highest BCUT2D eigenvalue weighted by Crippen LogP contribution is 2.44. The molecule has 7 heteroatoms. The molecule has 0 aliphatic carbocycles. The molecule has 3 N–H and O–H groups in total. The van der Waals surface area contributed by atoms with Crippen molar-refractivity contribution in [1.29, 1.82) is 0 Å². The number of hydrogen-bond donors (Lipinski definition) is 3. The van der Waals surface area contributed by atoms with Gasteiger partial charge in [-0.1, -0.05) is 20.8 Å². The van der Waals surface area contributed by atoms with Gasteiger partial charge in [-0.25, -0.2) is 9.59 Å². The molecule has 0 saturated carbocycles. The van der Waals surface area contributed by atoms with Gasteiger partial charge in [0.15, 0.2) is 4.99 Å². The maximum atomic E-state index is 11.7. The van der Waals surface area contributed by atoms with Crippen LogP contribution in [0.4, 0.5) is 9.59 Å². The van der Waals surface area contributed by atoms with Crippen LogP contribution in [0.2, 0.25) is 0 Å². The number of hydrogen-bond acceptors (Lipinski definition) is 3. The summed E-state index contributed by atoms with van der Waals surface area (Å²) in [5, 5.41) is 21.0. The lowest BCUT2D eigenvalue weighted by atomic mass is 9.88. The Morgan fingerprint density at radius 1 is 1.05 bits per heavy atom. The molecule has 0 saturated heterocycles. The summed E-state index contributed by atoms with van der Waals surface area (Å²) in [6.07, 6.45) is -0.714. The summed E-state index contributed by atoms with van der Waals surface area (Å²) in [4.78, 5) is 22.7. The summed E-state index contributed by atoms with van der Waals surface area (Å²) in [6, 6.07) is 0. The minimum Gasteiger partial charge on any atom is -0.465 e. The third-order valence-corrected chi connectivity index (χ3v) is 4.25. The Labute approximate surface area is 118 Å². The molecule has 0 aliphatic heterocycles. The standard InChI is InChI=1S/C12H24N2O4S/c1-10(2,3)12(19-7,13-8(15)16)14(9(17)18)11(4,5)6/h13H,1-7H3,(H,15,16)(H,17,18). The molecular weight excluding hydrogens is 268 g/mol. The molecule has 1 unspecified atom stereocenters. The summed E-state index contributed by atoms with van der Waals surface area (Å²) in [6.45, 7) is 10.6. The SMILES string of the molecule is CSC(NC(=O)O)(N(C(=O)O)C(C)(C)C)C(C)(C)C. The van der Waals surface area contributed by atoms with Gasteiger partial charge in [0.25, 0.3) is 0 Å². The van der Waals surface area contributed by atoms with Crippen LogP contribution in [0.1, 0.15) is 41.5 Å². The lowest BCUT2D eigenvalue weighted by Gasteiger charge is -2.53. The number of carboxylic acid groups (broad SMARTS) is 2. The van der Waals surface area contributed by atoms with Crippen LogP contribution in [0.5, 0.6) is 0 Å². The quantitative estimate of drug-likeness (QED) is 0.695. The Balaban J connectivity index is 6.07. The highest BCUT2D eigenvalue weighted by atomic mass is 32.2. The van der Waals surface area contributed by atoms with Gasteiger partial charge < -0.3 is 10.2 Å². The predicted octanol–water partition coefficient (Wildman–Crippen LogP) is 3.10. The van der Waals surface area contributed by atoms with Gasteiger partial charge >= 0.3 is 12.2 Å². The molecule has 0 spiro atoms. The summed E-state index contributed by atoms with van der Waals surface area (Å²) >= 11 is 1.17. The topological polar surface area (TPSA) is 89.9 Å². The van der Waals surface area contributed by atoms with Crippen molar-refractivity contribution in [2.75, 3.05) is 6.26 Å². The first-order chi connectivity index (χ1) is 8.29. The fraction of sp³-hybridized carbons (Fsp3) is 0.833. The van der Waals surface area contributed by atoms with E-state index in [0.717, 1.165) is 0 Å². The number of thioether (sulfide) groups is 1. The van der Waals surface area contributed by atoms with E-state index in [9.17, 15) is 14.7 Å². The summed E-state index contributed by atoms with van der Waals surface area (Å²) < 4.78 is 0. The maximum Gasteiger partial charge on any atom is 0.410 e. The zero-order chi connectivity index (χ0) is 15.6. The first kappa shape index (κ1) is 17.9. The largest absolute Gasteiger partial charge is 0.465 e. The van der Waals surface area contributed by atoms with Gasteiger partial charge in [0, 0.05) is 11.0 Å². The van der Waals surface area contributed by atoms with Crippen molar-refractivity contribution < 1.29 is 19.8 Å². The predicted molar refractivity (Wildman–Crippen MR) is 76.5 cm³/mol. The third kappa shape index (κ3) is 3.68. The molecular formula is C12H24N2O4S. The van der Waals surface area contributed by atoms with E-state index in [-0.39, 0.29) is 0 Å². The van der Waals surface area contributed by atoms with Crippen molar-refractivity contribution in [3.05, 3.63) is 0 Å². The van der Waals surface area contributed by atoms with Gasteiger partial charge in [-0.05, 0) is 27.0 Å². The molecule has 112 valence electrons. The van der Waals surface area contributed by atoms with Gasteiger partial charge in [-0.3, -0.25) is 10.2 Å². The summed E-state index contributed by atoms with van der Waals surface area (Å²) in [7, 11) is 0. The number of carbonyl (C=O) groups is 2. The minimum atomic E-state index is -1.27. The normalized spacial score (nSPS) is 15.5. The molecule has 0 aromatic carbocycles. The molecule has 2 amide bonds. The molecule has 0 radical (unpaired) electrons. The van der Waals surface area contributed by atoms with Gasteiger partial charge in [-0.15, -0.1) is 11.8 Å². The monoisotopic (exact) mass is 292 g/mol. The van der Waals surface area contributed by atoms with E-state index in [1.165, 1.54) is 16.7 Å². The average Bonchev–Trinajstić information content (AvgIpc) is 2.10. The van der Waals surface area contributed by atoms with Crippen LogP contribution in [0.15, 0.2) is 0 Å². The molecule has 0 aromatic rings. The van der Waals surface area contributed by atoms with E-state index in [2.05, 4.69) is 5.32 Å². The van der Waals surface area contributed by atoms with Crippen molar-refractivity contribution in [2.24, 2.45) is 5.41 Å². The smallest absolute Gasteiger partial charge is 0.410 e. The Morgan fingerprint density at radius 3 is 1.63 bits per heavy atom. The van der Waals surface area contributed by atoms with Crippen LogP contribution in [-0.4, -0.2) is 44.1 Å². The molecule has 0 aromatic heterocycles. The van der Waals surface area contributed by atoms with Crippen molar-refractivity contribution in [3.8, 4) is 0 Å². The number of nitrogens with zero attached hydrogens (tertiary/aromatic N) is 1. The van der Waals surface area contributed by atoms with Gasteiger partial charge in [0.2, 0.25) is 0 Å². The van der Waals surface area contributed by atoms with E-state index < -0.39 is 28.1 Å². The molecule has 0 rings (SSSR count). The Hall–Kier alpha value is -1.11.